The first-order chi connectivity index (χ1) is 15.2. The van der Waals surface area contributed by atoms with Gasteiger partial charge in [-0.1, -0.05) is 0 Å². The van der Waals surface area contributed by atoms with E-state index in [1.165, 1.54) is 0 Å². The van der Waals surface area contributed by atoms with E-state index in [9.17, 15) is 97.0 Å². The zero-order valence-corrected chi connectivity index (χ0v) is 15.4. The summed E-state index contributed by atoms with van der Waals surface area (Å²) < 4.78 is 273. The molecule has 1 N–H and O–H groups in total. The number of aliphatic carboxylic acids is 1. The van der Waals surface area contributed by atoms with Gasteiger partial charge in [-0.05, 0) is 6.08 Å². The van der Waals surface area contributed by atoms with Crippen molar-refractivity contribution in [3.63, 3.8) is 0 Å². The molecule has 23 heteroatoms. The maximum Gasteiger partial charge on any atom is 0.460 e. The van der Waals surface area contributed by atoms with Gasteiger partial charge in [0, 0.05) is 6.08 Å². The fraction of sp³-hybridized carbons (Fsp3) is 0.769. The first-order valence-electron chi connectivity index (χ1n) is 7.56. The van der Waals surface area contributed by atoms with Gasteiger partial charge in [0.15, 0.2) is 0 Å². The Labute approximate surface area is 181 Å². The monoisotopic (exact) mass is 590 g/mol. The van der Waals surface area contributed by atoms with Crippen LogP contribution in [0, 0.1) is 0 Å². The molecule has 0 fully saturated rings. The van der Waals surface area contributed by atoms with Crippen LogP contribution in [0.5, 0.6) is 0 Å². The van der Waals surface area contributed by atoms with Gasteiger partial charge in [0.25, 0.3) is 0 Å². The topological polar surface area (TPSA) is 37.3 Å². The summed E-state index contributed by atoms with van der Waals surface area (Å²) in [5.41, 5.74) is 0. The molecule has 0 rings (SSSR count). The van der Waals surface area contributed by atoms with E-state index in [1.807, 2.05) is 0 Å². The Bertz CT molecular complexity index is 864. The lowest BCUT2D eigenvalue weighted by atomic mass is 9.86. The molecule has 0 bridgehead atoms. The number of carboxylic acid groups (broad SMARTS) is 1. The van der Waals surface area contributed by atoms with Gasteiger partial charge in [-0.2, -0.15) is 92.2 Å². The molecule has 0 aliphatic rings. The number of allylic oxidation sites excluding steroid dienone is 1. The minimum atomic E-state index is -9.24. The van der Waals surface area contributed by atoms with Crippen LogP contribution in [0.2, 0.25) is 0 Å². The van der Waals surface area contributed by atoms with Gasteiger partial charge in [0.2, 0.25) is 0 Å². The normalized spacial score (nSPS) is 16.6. The van der Waals surface area contributed by atoms with Gasteiger partial charge in [-0.15, -0.1) is 0 Å². The van der Waals surface area contributed by atoms with E-state index in [0.717, 1.165) is 0 Å². The van der Waals surface area contributed by atoms with Gasteiger partial charge in [0.05, 0.1) is 0 Å². The number of alkyl halides is 21. The summed E-state index contributed by atoms with van der Waals surface area (Å²) in [6.07, 6.45) is -11.2. The SMILES string of the molecule is O=C(O)C=CC(F)(F)C(F)(F)C(F)(F)C(F)(F)C(F)(F)C(F)(F)C(F)(F)C(F)(F)C(F)(F)C(F)(F)F. The van der Waals surface area contributed by atoms with Crippen molar-refractivity contribution in [3.05, 3.63) is 12.2 Å². The lowest BCUT2D eigenvalue weighted by Gasteiger charge is -2.44. The highest BCUT2D eigenvalue weighted by Gasteiger charge is 2.97. The molecule has 0 aromatic carbocycles. The summed E-state index contributed by atoms with van der Waals surface area (Å²) in [5.74, 6) is -80.8. The lowest BCUT2D eigenvalue weighted by molar-refractivity contribution is -0.473. The van der Waals surface area contributed by atoms with E-state index in [2.05, 4.69) is 0 Å². The predicted molar refractivity (Wildman–Crippen MR) is 67.4 cm³/mol. The molecule has 0 aliphatic heterocycles. The van der Waals surface area contributed by atoms with E-state index < -0.39 is 77.6 Å². The molecule has 0 amide bonds. The predicted octanol–water partition coefficient (Wildman–Crippen LogP) is 6.91. The molecular formula is C13H3F21O2. The van der Waals surface area contributed by atoms with Crippen molar-refractivity contribution >= 4 is 5.97 Å². The molecule has 0 saturated carbocycles. The van der Waals surface area contributed by atoms with Crippen molar-refractivity contribution in [2.45, 2.75) is 59.5 Å². The smallest absolute Gasteiger partial charge is 0.460 e. The Morgan fingerprint density at radius 3 is 0.861 bits per heavy atom. The molecule has 0 heterocycles. The number of hydrogen-bond donors (Lipinski definition) is 1. The number of hydrogen-bond acceptors (Lipinski definition) is 1. The maximum absolute atomic E-state index is 13.4. The number of carboxylic acids is 1. The molecule has 36 heavy (non-hydrogen) atoms. The van der Waals surface area contributed by atoms with Crippen molar-refractivity contribution in [2.75, 3.05) is 0 Å². The third-order valence-corrected chi connectivity index (χ3v) is 3.97. The second-order valence-electron chi connectivity index (χ2n) is 6.39. The van der Waals surface area contributed by atoms with Crippen molar-refractivity contribution in [2.24, 2.45) is 0 Å². The van der Waals surface area contributed by atoms with Crippen LogP contribution in [-0.4, -0.2) is 70.6 Å². The minimum absolute atomic E-state index is 1.23. The molecule has 0 aliphatic carbocycles. The largest absolute Gasteiger partial charge is 0.478 e. The van der Waals surface area contributed by atoms with Gasteiger partial charge in [-0.3, -0.25) is 0 Å². The zero-order valence-electron chi connectivity index (χ0n) is 15.4. The van der Waals surface area contributed by atoms with Crippen LogP contribution in [0.15, 0.2) is 12.2 Å². The summed E-state index contributed by atoms with van der Waals surface area (Å²) in [5, 5.41) is 7.91. The minimum Gasteiger partial charge on any atom is -0.478 e. The molecule has 0 aromatic heterocycles. The third kappa shape index (κ3) is 4.18. The third-order valence-electron chi connectivity index (χ3n) is 3.97. The van der Waals surface area contributed by atoms with E-state index in [-0.39, 0.29) is 0 Å². The molecule has 0 aromatic rings. The van der Waals surface area contributed by atoms with Crippen LogP contribution in [0.4, 0.5) is 92.2 Å². The first-order valence-corrected chi connectivity index (χ1v) is 7.56. The molecule has 0 atom stereocenters. The van der Waals surface area contributed by atoms with Crippen LogP contribution in [0.3, 0.4) is 0 Å². The quantitative estimate of drug-likeness (QED) is 0.222. The highest BCUT2D eigenvalue weighted by atomic mass is 19.4. The van der Waals surface area contributed by atoms with Crippen molar-refractivity contribution < 1.29 is 102 Å². The average Bonchev–Trinajstić information content (AvgIpc) is 2.64. The van der Waals surface area contributed by atoms with Gasteiger partial charge in [0.1, 0.15) is 0 Å². The first kappa shape index (κ1) is 33.7. The van der Waals surface area contributed by atoms with Gasteiger partial charge < -0.3 is 5.11 Å². The molecule has 0 saturated heterocycles. The van der Waals surface area contributed by atoms with E-state index >= 15 is 0 Å². The summed E-state index contributed by atoms with van der Waals surface area (Å²) in [6.45, 7) is 0. The van der Waals surface area contributed by atoms with Crippen molar-refractivity contribution in [1.29, 1.82) is 0 Å². The molecule has 214 valence electrons. The average molecular weight is 590 g/mol. The molecule has 2 nitrogen and oxygen atoms in total. The number of rotatable bonds is 10. The molecular weight excluding hydrogens is 587 g/mol. The summed E-state index contributed by atoms with van der Waals surface area (Å²) in [6, 6.07) is 0. The van der Waals surface area contributed by atoms with Crippen LogP contribution in [-0.2, 0) is 4.79 Å². The standard InChI is InChI=1S/C13H3F21O2/c14-4(15,2-1-3(35)36)5(16,17)6(18,19)7(20,21)8(22,23)9(24,25)10(26,27)11(28,29)12(30,31)13(32,33)34/h1-2H,(H,35,36). The molecule has 0 spiro atoms. The maximum atomic E-state index is 13.4. The van der Waals surface area contributed by atoms with Gasteiger partial charge in [-0.25, -0.2) is 4.79 Å². The number of carbonyl (C=O) groups is 1. The lowest BCUT2D eigenvalue weighted by Crippen LogP contribution is -2.76. The zero-order chi connectivity index (χ0) is 30.0. The summed E-state index contributed by atoms with van der Waals surface area (Å²) in [4.78, 5) is 9.95. The van der Waals surface area contributed by atoms with Crippen LogP contribution in [0.25, 0.3) is 0 Å². The fourth-order valence-corrected chi connectivity index (χ4v) is 1.85. The van der Waals surface area contributed by atoms with Crippen LogP contribution < -0.4 is 0 Å². The van der Waals surface area contributed by atoms with E-state index in [4.69, 9.17) is 5.11 Å². The van der Waals surface area contributed by atoms with Crippen molar-refractivity contribution in [1.82, 2.24) is 0 Å². The highest BCUT2D eigenvalue weighted by Crippen LogP contribution is 2.66. The Hall–Kier alpha value is -2.26. The van der Waals surface area contributed by atoms with Crippen molar-refractivity contribution in [3.8, 4) is 0 Å². The Morgan fingerprint density at radius 1 is 0.417 bits per heavy atom. The van der Waals surface area contributed by atoms with Gasteiger partial charge >= 0.3 is 65.4 Å². The van der Waals surface area contributed by atoms with Crippen LogP contribution >= 0.6 is 0 Å². The Balaban J connectivity index is 7.08. The fourth-order valence-electron chi connectivity index (χ4n) is 1.85. The second kappa shape index (κ2) is 8.38. The summed E-state index contributed by atoms with van der Waals surface area (Å²) in [7, 11) is 0. The Kier molecular flexibility index (Phi) is 7.85. The van der Waals surface area contributed by atoms with Crippen LogP contribution in [0.1, 0.15) is 0 Å². The molecule has 0 unspecified atom stereocenters. The number of halogens is 21. The highest BCUT2D eigenvalue weighted by molar-refractivity contribution is 5.79. The molecule has 0 radical (unpaired) electrons. The summed E-state index contributed by atoms with van der Waals surface area (Å²) >= 11 is 0. The van der Waals surface area contributed by atoms with E-state index in [1.54, 1.807) is 0 Å². The second-order valence-corrected chi connectivity index (χ2v) is 6.39. The Morgan fingerprint density at radius 2 is 0.639 bits per heavy atom. The van der Waals surface area contributed by atoms with E-state index in [0.29, 0.717) is 0 Å².